The van der Waals surface area contributed by atoms with E-state index in [9.17, 15) is 8.63 Å². The van der Waals surface area contributed by atoms with Gasteiger partial charge in [-0.1, -0.05) is 42.5 Å². The van der Waals surface area contributed by atoms with E-state index in [0.717, 1.165) is 25.7 Å². The number of rotatable bonds is 4. The Labute approximate surface area is 161 Å². The van der Waals surface area contributed by atoms with Gasteiger partial charge in [-0.15, -0.1) is 0 Å². The van der Waals surface area contributed by atoms with Gasteiger partial charge in [0, 0.05) is 17.8 Å². The number of nitrogens with zero attached hydrogens (tertiary/aromatic N) is 2. The van der Waals surface area contributed by atoms with Crippen LogP contribution in [0.2, 0.25) is 0 Å². The molecule has 2 aliphatic heterocycles. The Hall–Kier alpha value is -3.41. The highest BCUT2D eigenvalue weighted by atomic mass is 19.2. The number of hydrogen-bond donors (Lipinski definition) is 0. The molecule has 5 rings (SSSR count). The molecule has 0 aliphatic carbocycles. The standard InChI is InChI=1S/C22H17BF2N2O/c24-23(25)26-13-5-11-20(26)22(21-12-6-14-27(21)23)18-9-4-10-19(15-18)28-16-17-7-2-1-3-8-17/h1-15H,16H2. The maximum Gasteiger partial charge on any atom is 0.737 e. The van der Waals surface area contributed by atoms with E-state index in [1.54, 1.807) is 24.3 Å². The second-order valence-electron chi connectivity index (χ2n) is 6.87. The number of halogens is 2. The molecule has 138 valence electrons. The van der Waals surface area contributed by atoms with Crippen LogP contribution in [0, 0.1) is 0 Å². The molecule has 0 spiro atoms. The largest absolute Gasteiger partial charge is 0.737 e. The van der Waals surface area contributed by atoms with Gasteiger partial charge in [-0.05, 0) is 41.6 Å². The van der Waals surface area contributed by atoms with E-state index >= 15 is 0 Å². The summed E-state index contributed by atoms with van der Waals surface area (Å²) in [6.45, 7) is -3.43. The van der Waals surface area contributed by atoms with Crippen LogP contribution in [0.15, 0.2) is 90.8 Å². The van der Waals surface area contributed by atoms with Crippen LogP contribution in [0.3, 0.4) is 0 Å². The molecule has 0 saturated heterocycles. The highest BCUT2D eigenvalue weighted by molar-refractivity contribution is 6.57. The quantitative estimate of drug-likeness (QED) is 0.605. The van der Waals surface area contributed by atoms with Crippen LogP contribution in [0.1, 0.15) is 16.8 Å². The third-order valence-electron chi connectivity index (χ3n) is 5.11. The van der Waals surface area contributed by atoms with Crippen molar-refractivity contribution in [1.29, 1.82) is 0 Å². The summed E-state index contributed by atoms with van der Waals surface area (Å²) in [5.41, 5.74) is 3.71. The minimum absolute atomic E-state index is 0.452. The molecule has 0 fully saturated rings. The minimum Gasteiger partial charge on any atom is -0.489 e. The fourth-order valence-corrected chi connectivity index (χ4v) is 3.80. The predicted molar refractivity (Wildman–Crippen MR) is 107 cm³/mol. The van der Waals surface area contributed by atoms with Crippen LogP contribution in [0.4, 0.5) is 8.63 Å². The van der Waals surface area contributed by atoms with Gasteiger partial charge in [0.15, 0.2) is 5.70 Å². The van der Waals surface area contributed by atoms with Crippen molar-refractivity contribution in [3.63, 3.8) is 0 Å². The van der Waals surface area contributed by atoms with Gasteiger partial charge in [0.2, 0.25) is 0 Å². The number of fused-ring (bicyclic) bond motifs is 2. The lowest BCUT2D eigenvalue weighted by Crippen LogP contribution is -2.49. The van der Waals surface area contributed by atoms with Crippen LogP contribution in [0.5, 0.6) is 5.75 Å². The average Bonchev–Trinajstić information content (AvgIpc) is 3.39. The molecule has 0 atom stereocenters. The third kappa shape index (κ3) is 2.61. The van der Waals surface area contributed by atoms with Crippen molar-refractivity contribution in [3.05, 3.63) is 108 Å². The summed E-state index contributed by atoms with van der Waals surface area (Å²) in [5.74, 6) is 0.702. The summed E-state index contributed by atoms with van der Waals surface area (Å²) in [4.78, 5) is 0. The normalized spacial score (nSPS) is 16.6. The summed E-state index contributed by atoms with van der Waals surface area (Å²) in [6.07, 6.45) is 6.27. The molecular formula is C22H17BF2N2O. The first-order valence-corrected chi connectivity index (χ1v) is 9.16. The van der Waals surface area contributed by atoms with E-state index in [1.165, 1.54) is 12.4 Å². The average molecular weight is 374 g/mol. The minimum atomic E-state index is -3.88. The molecule has 0 saturated carbocycles. The SMILES string of the molecule is F[B-]1(F)n2cccc2C(c2cccc(OCc3ccccc3)c2)=C2C=CC=[N+]21. The summed E-state index contributed by atoms with van der Waals surface area (Å²) in [6, 6.07) is 20.9. The smallest absolute Gasteiger partial charge is 0.489 e. The van der Waals surface area contributed by atoms with Gasteiger partial charge in [-0.25, -0.2) is 0 Å². The molecule has 28 heavy (non-hydrogen) atoms. The summed E-state index contributed by atoms with van der Waals surface area (Å²) in [5, 5.41) is 0. The van der Waals surface area contributed by atoms with Gasteiger partial charge in [-0.3, -0.25) is 0 Å². The monoisotopic (exact) mass is 374 g/mol. The number of hydrogen-bond acceptors (Lipinski definition) is 1. The van der Waals surface area contributed by atoms with E-state index in [4.69, 9.17) is 4.74 Å². The first-order valence-electron chi connectivity index (χ1n) is 9.16. The van der Waals surface area contributed by atoms with Gasteiger partial charge in [-0.2, -0.15) is 0 Å². The Morgan fingerprint density at radius 3 is 2.68 bits per heavy atom. The molecule has 1 aromatic heterocycles. The molecule has 6 heteroatoms. The van der Waals surface area contributed by atoms with Gasteiger partial charge in [0.25, 0.3) is 0 Å². The van der Waals surface area contributed by atoms with Gasteiger partial charge >= 0.3 is 6.97 Å². The van der Waals surface area contributed by atoms with Crippen LogP contribution in [-0.4, -0.2) is 22.1 Å². The molecule has 0 unspecified atom stereocenters. The Morgan fingerprint density at radius 2 is 1.82 bits per heavy atom. The number of ether oxygens (including phenoxy) is 1. The fraction of sp³-hybridized carbons (Fsp3) is 0.0455. The molecule has 2 aromatic carbocycles. The van der Waals surface area contributed by atoms with Gasteiger partial charge in [0.1, 0.15) is 18.6 Å². The summed E-state index contributed by atoms with van der Waals surface area (Å²) >= 11 is 0. The highest BCUT2D eigenvalue weighted by Gasteiger charge is 2.51. The Balaban J connectivity index is 1.55. The van der Waals surface area contributed by atoms with Crippen molar-refractivity contribution in [3.8, 4) is 5.75 Å². The predicted octanol–water partition coefficient (Wildman–Crippen LogP) is 4.72. The second-order valence-corrected chi connectivity index (χ2v) is 6.87. The van der Waals surface area contributed by atoms with E-state index in [0.29, 0.717) is 23.7 Å². The summed E-state index contributed by atoms with van der Waals surface area (Å²) in [7, 11) is 0. The number of benzene rings is 2. The third-order valence-corrected chi connectivity index (χ3v) is 5.11. The van der Waals surface area contributed by atoms with Crippen LogP contribution in [-0.2, 0) is 6.61 Å². The van der Waals surface area contributed by atoms with Crippen LogP contribution >= 0.6 is 0 Å². The topological polar surface area (TPSA) is 17.2 Å². The van der Waals surface area contributed by atoms with E-state index in [-0.39, 0.29) is 0 Å². The molecule has 3 aromatic rings. The van der Waals surface area contributed by atoms with Crippen molar-refractivity contribution in [2.24, 2.45) is 0 Å². The number of aromatic nitrogens is 1. The first kappa shape index (κ1) is 16.7. The van der Waals surface area contributed by atoms with E-state index in [1.807, 2.05) is 54.6 Å². The molecule has 0 bridgehead atoms. The first-order chi connectivity index (χ1) is 13.6. The summed E-state index contributed by atoms with van der Waals surface area (Å²) < 4.78 is 37.8. The van der Waals surface area contributed by atoms with Crippen molar-refractivity contribution in [1.82, 2.24) is 4.48 Å². The Morgan fingerprint density at radius 1 is 0.964 bits per heavy atom. The van der Waals surface area contributed by atoms with Crippen LogP contribution < -0.4 is 4.74 Å². The lowest BCUT2D eigenvalue weighted by atomic mass is 9.86. The zero-order valence-corrected chi connectivity index (χ0v) is 15.0. The van der Waals surface area contributed by atoms with Gasteiger partial charge in [0.05, 0.1) is 5.57 Å². The number of allylic oxidation sites excluding steroid dienone is 2. The zero-order chi connectivity index (χ0) is 19.1. The molecule has 0 amide bonds. The van der Waals surface area contributed by atoms with Crippen molar-refractivity contribution in [2.45, 2.75) is 6.61 Å². The van der Waals surface area contributed by atoms with Crippen molar-refractivity contribution >= 4 is 18.8 Å². The highest BCUT2D eigenvalue weighted by Crippen LogP contribution is 2.39. The molecule has 0 radical (unpaired) electrons. The molecule has 0 N–H and O–H groups in total. The molecular weight excluding hydrogens is 357 g/mol. The molecule has 2 aliphatic rings. The molecule has 3 nitrogen and oxygen atoms in total. The van der Waals surface area contributed by atoms with Crippen molar-refractivity contribution in [2.75, 3.05) is 0 Å². The Bertz CT molecular complexity index is 1150. The van der Waals surface area contributed by atoms with Crippen molar-refractivity contribution < 1.29 is 17.9 Å². The van der Waals surface area contributed by atoms with Crippen LogP contribution in [0.25, 0.3) is 5.57 Å². The lowest BCUT2D eigenvalue weighted by molar-refractivity contribution is -0.356. The lowest BCUT2D eigenvalue weighted by Gasteiger charge is -2.30. The zero-order valence-electron chi connectivity index (χ0n) is 15.0. The van der Waals surface area contributed by atoms with E-state index in [2.05, 4.69) is 0 Å². The second kappa shape index (κ2) is 6.34. The maximum atomic E-state index is 14.9. The molecule has 3 heterocycles. The fourth-order valence-electron chi connectivity index (χ4n) is 3.80. The Kier molecular flexibility index (Phi) is 3.79. The van der Waals surface area contributed by atoms with E-state index < -0.39 is 6.97 Å². The maximum absolute atomic E-state index is 14.9. The van der Waals surface area contributed by atoms with Gasteiger partial charge < -0.3 is 22.3 Å².